The molecule has 9 nitrogen and oxygen atoms in total. The van der Waals surface area contributed by atoms with Crippen molar-refractivity contribution < 1.29 is 19.6 Å². The standard InChI is InChI=1S/C18H24N4O5/c19-14-7-6-13(22(26)27)10-15(14)21-17(23)11-16(18(24)25)20-9-8-12-4-2-1-3-5-12/h4,6-7,10,16,20H,1-3,5,8-9,11,19H2,(H,21,23)(H,24,25). The zero-order valence-corrected chi connectivity index (χ0v) is 14.9. The predicted octanol–water partition coefficient (Wildman–Crippen LogP) is 2.44. The molecule has 0 bridgehead atoms. The highest BCUT2D eigenvalue weighted by atomic mass is 16.6. The van der Waals surface area contributed by atoms with Crippen molar-refractivity contribution in [2.75, 3.05) is 17.6 Å². The predicted molar refractivity (Wildman–Crippen MR) is 101 cm³/mol. The van der Waals surface area contributed by atoms with Crippen molar-refractivity contribution in [2.45, 2.75) is 44.6 Å². The number of hydrogen-bond donors (Lipinski definition) is 4. The number of allylic oxidation sites excluding steroid dienone is 1. The lowest BCUT2D eigenvalue weighted by molar-refractivity contribution is -0.384. The fraction of sp³-hybridized carbons (Fsp3) is 0.444. The van der Waals surface area contributed by atoms with E-state index in [-0.39, 0.29) is 23.5 Å². The van der Waals surface area contributed by atoms with Crippen molar-refractivity contribution in [3.8, 4) is 0 Å². The van der Waals surface area contributed by atoms with Crippen LogP contribution in [0.4, 0.5) is 17.1 Å². The molecule has 0 saturated carbocycles. The second kappa shape index (κ2) is 9.67. The lowest BCUT2D eigenvalue weighted by atomic mass is 9.97. The normalized spacial score (nSPS) is 14.9. The lowest BCUT2D eigenvalue weighted by Gasteiger charge is -2.17. The molecule has 27 heavy (non-hydrogen) atoms. The maximum Gasteiger partial charge on any atom is 0.321 e. The summed E-state index contributed by atoms with van der Waals surface area (Å²) in [5.41, 5.74) is 7.07. The van der Waals surface area contributed by atoms with Crippen LogP contribution in [0, 0.1) is 10.1 Å². The Bertz CT molecular complexity index is 747. The molecule has 0 fully saturated rings. The van der Waals surface area contributed by atoms with Crippen LogP contribution in [0.25, 0.3) is 0 Å². The number of anilines is 2. The average Bonchev–Trinajstić information content (AvgIpc) is 2.63. The fourth-order valence-corrected chi connectivity index (χ4v) is 2.94. The molecule has 1 atom stereocenters. The zero-order chi connectivity index (χ0) is 19.8. The van der Waals surface area contributed by atoms with Gasteiger partial charge in [0, 0.05) is 12.1 Å². The second-order valence-electron chi connectivity index (χ2n) is 6.48. The van der Waals surface area contributed by atoms with Crippen molar-refractivity contribution in [3.05, 3.63) is 40.0 Å². The SMILES string of the molecule is Nc1ccc([N+](=O)[O-])cc1NC(=O)CC(NCCC1=CCCCC1)C(=O)O. The van der Waals surface area contributed by atoms with E-state index in [4.69, 9.17) is 5.73 Å². The van der Waals surface area contributed by atoms with Crippen LogP contribution < -0.4 is 16.4 Å². The third-order valence-electron chi connectivity index (χ3n) is 4.43. The van der Waals surface area contributed by atoms with Gasteiger partial charge in [0.25, 0.3) is 5.69 Å². The number of aliphatic carboxylic acids is 1. The number of nitrogen functional groups attached to an aromatic ring is 1. The maximum atomic E-state index is 12.2. The molecule has 1 aliphatic rings. The third-order valence-corrected chi connectivity index (χ3v) is 4.43. The first-order valence-corrected chi connectivity index (χ1v) is 8.84. The molecule has 146 valence electrons. The monoisotopic (exact) mass is 376 g/mol. The van der Waals surface area contributed by atoms with E-state index < -0.39 is 22.8 Å². The summed E-state index contributed by atoms with van der Waals surface area (Å²) < 4.78 is 0. The minimum absolute atomic E-state index is 0.0886. The smallest absolute Gasteiger partial charge is 0.321 e. The quantitative estimate of drug-likeness (QED) is 0.224. The average molecular weight is 376 g/mol. The summed E-state index contributed by atoms with van der Waals surface area (Å²) in [6.45, 7) is 0.467. The van der Waals surface area contributed by atoms with Crippen molar-refractivity contribution in [1.29, 1.82) is 0 Å². The molecule has 2 rings (SSSR count). The number of nitrogens with one attached hydrogen (secondary N) is 2. The van der Waals surface area contributed by atoms with Gasteiger partial charge in [-0.1, -0.05) is 11.6 Å². The van der Waals surface area contributed by atoms with Crippen molar-refractivity contribution in [3.63, 3.8) is 0 Å². The number of carboxylic acids is 1. The summed E-state index contributed by atoms with van der Waals surface area (Å²) in [7, 11) is 0. The Morgan fingerprint density at radius 2 is 2.11 bits per heavy atom. The van der Waals surface area contributed by atoms with Crippen LogP contribution in [0.3, 0.4) is 0 Å². The Balaban J connectivity index is 1.90. The molecule has 5 N–H and O–H groups in total. The number of rotatable bonds is 9. The van der Waals surface area contributed by atoms with Gasteiger partial charge < -0.3 is 21.5 Å². The van der Waals surface area contributed by atoms with Gasteiger partial charge in [0.2, 0.25) is 5.91 Å². The largest absolute Gasteiger partial charge is 0.480 e. The minimum Gasteiger partial charge on any atom is -0.480 e. The molecule has 0 saturated heterocycles. The number of hydrogen-bond acceptors (Lipinski definition) is 6. The van der Waals surface area contributed by atoms with Gasteiger partial charge in [0.15, 0.2) is 0 Å². The molecule has 9 heteroatoms. The Morgan fingerprint density at radius 1 is 1.33 bits per heavy atom. The Kier molecular flexibility index (Phi) is 7.30. The number of nitrogens with zero attached hydrogens (tertiary/aromatic N) is 1. The topological polar surface area (TPSA) is 148 Å². The Hall–Kier alpha value is -2.94. The van der Waals surface area contributed by atoms with Gasteiger partial charge in [-0.2, -0.15) is 0 Å². The molecule has 1 unspecified atom stereocenters. The Labute approximate surface area is 156 Å². The number of carbonyl (C=O) groups is 2. The molecule has 1 aliphatic carbocycles. The van der Waals surface area contributed by atoms with Crippen molar-refractivity contribution in [2.24, 2.45) is 0 Å². The molecule has 0 spiro atoms. The first kappa shape index (κ1) is 20.4. The number of carbonyl (C=O) groups excluding carboxylic acids is 1. The molecule has 0 radical (unpaired) electrons. The number of non-ortho nitro benzene ring substituents is 1. The fourth-order valence-electron chi connectivity index (χ4n) is 2.94. The van der Waals surface area contributed by atoms with E-state index in [2.05, 4.69) is 16.7 Å². The summed E-state index contributed by atoms with van der Waals surface area (Å²) in [5, 5.41) is 25.5. The molecule has 0 aromatic heterocycles. The van der Waals surface area contributed by atoms with E-state index in [9.17, 15) is 24.8 Å². The molecular weight excluding hydrogens is 352 g/mol. The molecule has 1 aromatic carbocycles. The van der Waals surface area contributed by atoms with Gasteiger partial charge in [-0.3, -0.25) is 19.7 Å². The highest BCUT2D eigenvalue weighted by Crippen LogP contribution is 2.24. The Morgan fingerprint density at radius 3 is 2.74 bits per heavy atom. The second-order valence-corrected chi connectivity index (χ2v) is 6.48. The highest BCUT2D eigenvalue weighted by Gasteiger charge is 2.21. The molecule has 1 amide bonds. The van der Waals surface area contributed by atoms with Gasteiger partial charge in [-0.25, -0.2) is 0 Å². The third kappa shape index (κ3) is 6.37. The maximum absolute atomic E-state index is 12.2. The summed E-state index contributed by atoms with van der Waals surface area (Å²) in [6, 6.07) is 2.64. The van der Waals surface area contributed by atoms with Gasteiger partial charge in [-0.15, -0.1) is 0 Å². The van der Waals surface area contributed by atoms with Crippen LogP contribution in [0.5, 0.6) is 0 Å². The molecule has 0 heterocycles. The summed E-state index contributed by atoms with van der Waals surface area (Å²) in [4.78, 5) is 33.8. The number of nitro groups is 1. The van der Waals surface area contributed by atoms with Crippen LogP contribution in [0.15, 0.2) is 29.8 Å². The molecular formula is C18H24N4O5. The van der Waals surface area contributed by atoms with Crippen LogP contribution in [-0.4, -0.2) is 34.5 Å². The zero-order valence-electron chi connectivity index (χ0n) is 14.9. The number of amides is 1. The number of benzene rings is 1. The van der Waals surface area contributed by atoms with E-state index in [1.54, 1.807) is 0 Å². The highest BCUT2D eigenvalue weighted by molar-refractivity contribution is 5.96. The van der Waals surface area contributed by atoms with Gasteiger partial charge >= 0.3 is 5.97 Å². The van der Waals surface area contributed by atoms with E-state index in [1.807, 2.05) is 0 Å². The summed E-state index contributed by atoms with van der Waals surface area (Å²) in [6.07, 6.45) is 7.08. The van der Waals surface area contributed by atoms with Gasteiger partial charge in [0.05, 0.1) is 22.7 Å². The van der Waals surface area contributed by atoms with Crippen molar-refractivity contribution in [1.82, 2.24) is 5.32 Å². The van der Waals surface area contributed by atoms with E-state index >= 15 is 0 Å². The van der Waals surface area contributed by atoms with Crippen LogP contribution in [-0.2, 0) is 9.59 Å². The van der Waals surface area contributed by atoms with Gasteiger partial charge in [-0.05, 0) is 44.7 Å². The first-order chi connectivity index (χ1) is 12.9. The summed E-state index contributed by atoms with van der Waals surface area (Å²) in [5.74, 6) is -1.71. The van der Waals surface area contributed by atoms with Crippen LogP contribution in [0.1, 0.15) is 38.5 Å². The minimum atomic E-state index is -1.13. The van der Waals surface area contributed by atoms with E-state index in [0.717, 1.165) is 31.7 Å². The van der Waals surface area contributed by atoms with Crippen LogP contribution in [0.2, 0.25) is 0 Å². The van der Waals surface area contributed by atoms with Crippen molar-refractivity contribution >= 4 is 28.9 Å². The number of nitrogens with two attached hydrogens (primary N) is 1. The van der Waals surface area contributed by atoms with Crippen LogP contribution >= 0.6 is 0 Å². The number of nitro benzene ring substituents is 1. The number of carboxylic acid groups (broad SMARTS) is 1. The molecule has 0 aliphatic heterocycles. The first-order valence-electron chi connectivity index (χ1n) is 8.84. The van der Waals surface area contributed by atoms with E-state index in [0.29, 0.717) is 6.54 Å². The summed E-state index contributed by atoms with van der Waals surface area (Å²) >= 11 is 0. The van der Waals surface area contributed by atoms with Gasteiger partial charge in [0.1, 0.15) is 6.04 Å². The molecule has 1 aromatic rings. The lowest BCUT2D eigenvalue weighted by Crippen LogP contribution is -2.40. The van der Waals surface area contributed by atoms with E-state index in [1.165, 1.54) is 24.1 Å².